The van der Waals surface area contributed by atoms with Crippen LogP contribution in [0.3, 0.4) is 0 Å². The second-order valence-corrected chi connectivity index (χ2v) is 11.7. The van der Waals surface area contributed by atoms with Crippen molar-refractivity contribution >= 4 is 0 Å². The minimum absolute atomic E-state index is 0.0266. The Balaban J connectivity index is 1.67. The first-order valence-electron chi connectivity index (χ1n) is 12.5. The third-order valence-electron chi connectivity index (χ3n) is 8.86. The Morgan fingerprint density at radius 3 is 2.43 bits per heavy atom. The molecule has 3 fully saturated rings. The molecular weight excluding hydrogens is 372 g/mol. The van der Waals surface area contributed by atoms with Crippen molar-refractivity contribution in [3.05, 3.63) is 23.3 Å². The van der Waals surface area contributed by atoms with Gasteiger partial charge >= 0.3 is 0 Å². The van der Waals surface area contributed by atoms with E-state index in [1.165, 1.54) is 44.1 Å². The van der Waals surface area contributed by atoms with E-state index in [1.807, 2.05) is 20.8 Å². The van der Waals surface area contributed by atoms with Gasteiger partial charge in [0.15, 0.2) is 0 Å². The highest BCUT2D eigenvalue weighted by molar-refractivity contribution is 5.26. The van der Waals surface area contributed by atoms with Crippen molar-refractivity contribution in [2.75, 3.05) is 0 Å². The molecular formula is C27H46O3. The lowest BCUT2D eigenvalue weighted by Gasteiger charge is -2.44. The standard InChI is InChI=1S/C27H46O3/c1-18(8-6-14-26(3,4)30)22-12-13-23-21(9-7-15-27(22,23)5)11-10-20-16-24(28)19(2)25(29)17-20/h10-11,18-19,22-25,28-30H,6-9,12-17H2,1-5H3/b20-10?,21-11+/t18-,19?,22+,23?,24+,25?,27+/m0/s1. The maximum Gasteiger partial charge on any atom is 0.0627 e. The Bertz CT molecular complexity index is 629. The Hall–Kier alpha value is -0.640. The molecule has 3 aliphatic rings. The van der Waals surface area contributed by atoms with E-state index in [0.717, 1.165) is 18.8 Å². The van der Waals surface area contributed by atoms with E-state index < -0.39 is 17.8 Å². The van der Waals surface area contributed by atoms with Gasteiger partial charge in [0.25, 0.3) is 0 Å². The predicted molar refractivity (Wildman–Crippen MR) is 124 cm³/mol. The van der Waals surface area contributed by atoms with E-state index in [1.54, 1.807) is 5.57 Å². The predicted octanol–water partition coefficient (Wildman–Crippen LogP) is 5.78. The topological polar surface area (TPSA) is 60.7 Å². The van der Waals surface area contributed by atoms with Crippen LogP contribution < -0.4 is 0 Å². The molecule has 0 amide bonds. The smallest absolute Gasteiger partial charge is 0.0627 e. The average Bonchev–Trinajstić information content (AvgIpc) is 3.00. The largest absolute Gasteiger partial charge is 0.392 e. The van der Waals surface area contributed by atoms with Crippen molar-refractivity contribution in [2.45, 2.75) is 117 Å². The zero-order valence-corrected chi connectivity index (χ0v) is 20.0. The van der Waals surface area contributed by atoms with Crippen LogP contribution in [0.1, 0.15) is 98.8 Å². The number of allylic oxidation sites excluding steroid dienone is 3. The minimum atomic E-state index is -0.547. The summed E-state index contributed by atoms with van der Waals surface area (Å²) in [5.74, 6) is 2.15. The summed E-state index contributed by atoms with van der Waals surface area (Å²) in [6.07, 6.45) is 14.8. The van der Waals surface area contributed by atoms with Gasteiger partial charge in [-0.15, -0.1) is 0 Å². The molecule has 0 radical (unpaired) electrons. The Morgan fingerprint density at radius 1 is 1.13 bits per heavy atom. The molecule has 3 saturated carbocycles. The second-order valence-electron chi connectivity index (χ2n) is 11.7. The molecule has 0 aliphatic heterocycles. The van der Waals surface area contributed by atoms with Gasteiger partial charge in [0.1, 0.15) is 0 Å². The number of aliphatic hydroxyl groups excluding tert-OH is 2. The molecule has 0 bridgehead atoms. The van der Waals surface area contributed by atoms with E-state index in [2.05, 4.69) is 26.0 Å². The Labute approximate surface area is 184 Å². The summed E-state index contributed by atoms with van der Waals surface area (Å²) < 4.78 is 0. The molecule has 0 saturated heterocycles. The average molecular weight is 419 g/mol. The minimum Gasteiger partial charge on any atom is -0.392 e. The fourth-order valence-corrected chi connectivity index (χ4v) is 6.88. The zero-order valence-electron chi connectivity index (χ0n) is 20.0. The van der Waals surface area contributed by atoms with Crippen molar-refractivity contribution in [3.8, 4) is 0 Å². The van der Waals surface area contributed by atoms with Gasteiger partial charge < -0.3 is 15.3 Å². The van der Waals surface area contributed by atoms with Crippen LogP contribution in [-0.2, 0) is 0 Å². The van der Waals surface area contributed by atoms with Gasteiger partial charge in [0.05, 0.1) is 17.8 Å². The molecule has 0 spiro atoms. The summed E-state index contributed by atoms with van der Waals surface area (Å²) in [7, 11) is 0. The van der Waals surface area contributed by atoms with Gasteiger partial charge in [-0.3, -0.25) is 0 Å². The van der Waals surface area contributed by atoms with Gasteiger partial charge in [0.2, 0.25) is 0 Å². The van der Waals surface area contributed by atoms with Gasteiger partial charge in [-0.05, 0) is 88.4 Å². The first-order valence-corrected chi connectivity index (χ1v) is 12.5. The SMILES string of the molecule is CC1C(O)CC(=C/C=C2\CCC[C@@]3(C)C2CC[C@@H]3[C@@H](C)CCCC(C)(C)O)C[C@H]1O. The fraction of sp³-hybridized carbons (Fsp3) is 0.852. The molecule has 172 valence electrons. The van der Waals surface area contributed by atoms with Crippen LogP contribution in [0.15, 0.2) is 23.3 Å². The normalized spacial score (nSPS) is 41.3. The summed E-state index contributed by atoms with van der Waals surface area (Å²) >= 11 is 0. The molecule has 30 heavy (non-hydrogen) atoms. The van der Waals surface area contributed by atoms with E-state index in [9.17, 15) is 15.3 Å². The first-order chi connectivity index (χ1) is 14.0. The summed E-state index contributed by atoms with van der Waals surface area (Å²) in [5, 5.41) is 30.5. The lowest BCUT2D eigenvalue weighted by atomic mass is 9.60. The molecule has 7 atom stereocenters. The highest BCUT2D eigenvalue weighted by Crippen LogP contribution is 2.60. The number of aliphatic hydroxyl groups is 3. The summed E-state index contributed by atoms with van der Waals surface area (Å²) in [6, 6.07) is 0. The van der Waals surface area contributed by atoms with Gasteiger partial charge in [-0.25, -0.2) is 0 Å². The third-order valence-corrected chi connectivity index (χ3v) is 8.86. The Kier molecular flexibility index (Phi) is 7.58. The monoisotopic (exact) mass is 418 g/mol. The number of hydrogen-bond donors (Lipinski definition) is 3. The lowest BCUT2D eigenvalue weighted by molar-refractivity contribution is 0.00406. The van der Waals surface area contributed by atoms with Gasteiger partial charge in [-0.1, -0.05) is 56.9 Å². The van der Waals surface area contributed by atoms with Crippen LogP contribution in [0.4, 0.5) is 0 Å². The molecule has 3 unspecified atom stereocenters. The summed E-state index contributed by atoms with van der Waals surface area (Å²) in [6.45, 7) is 10.8. The van der Waals surface area contributed by atoms with Crippen molar-refractivity contribution in [1.29, 1.82) is 0 Å². The van der Waals surface area contributed by atoms with Gasteiger partial charge in [-0.2, -0.15) is 0 Å². The Morgan fingerprint density at radius 2 is 1.80 bits per heavy atom. The van der Waals surface area contributed by atoms with Gasteiger partial charge in [0, 0.05) is 5.92 Å². The van der Waals surface area contributed by atoms with Crippen LogP contribution in [0, 0.1) is 29.1 Å². The van der Waals surface area contributed by atoms with Crippen LogP contribution in [0.25, 0.3) is 0 Å². The number of hydrogen-bond acceptors (Lipinski definition) is 3. The molecule has 0 aromatic carbocycles. The van der Waals surface area contributed by atoms with Crippen LogP contribution in [0.2, 0.25) is 0 Å². The van der Waals surface area contributed by atoms with Crippen molar-refractivity contribution < 1.29 is 15.3 Å². The number of rotatable bonds is 6. The van der Waals surface area contributed by atoms with Crippen LogP contribution in [0.5, 0.6) is 0 Å². The lowest BCUT2D eigenvalue weighted by Crippen LogP contribution is -2.36. The van der Waals surface area contributed by atoms with Crippen LogP contribution >= 0.6 is 0 Å². The zero-order chi connectivity index (χ0) is 22.1. The van der Waals surface area contributed by atoms with Crippen molar-refractivity contribution in [3.63, 3.8) is 0 Å². The second kappa shape index (κ2) is 9.46. The van der Waals surface area contributed by atoms with E-state index in [-0.39, 0.29) is 5.92 Å². The molecule has 3 aliphatic carbocycles. The molecule has 3 rings (SSSR count). The quantitative estimate of drug-likeness (QED) is 0.512. The summed E-state index contributed by atoms with van der Waals surface area (Å²) in [4.78, 5) is 0. The third kappa shape index (κ3) is 5.40. The van der Waals surface area contributed by atoms with Crippen LogP contribution in [-0.4, -0.2) is 33.1 Å². The van der Waals surface area contributed by atoms with E-state index in [0.29, 0.717) is 30.1 Å². The molecule has 0 aromatic rings. The van der Waals surface area contributed by atoms with E-state index >= 15 is 0 Å². The highest BCUT2D eigenvalue weighted by Gasteiger charge is 2.50. The van der Waals surface area contributed by atoms with Crippen molar-refractivity contribution in [1.82, 2.24) is 0 Å². The van der Waals surface area contributed by atoms with Crippen molar-refractivity contribution in [2.24, 2.45) is 29.1 Å². The molecule has 0 aromatic heterocycles. The maximum absolute atomic E-state index is 10.2. The fourth-order valence-electron chi connectivity index (χ4n) is 6.88. The highest BCUT2D eigenvalue weighted by atomic mass is 16.3. The number of fused-ring (bicyclic) bond motifs is 1. The van der Waals surface area contributed by atoms with E-state index in [4.69, 9.17) is 0 Å². The first kappa shape index (κ1) is 24.0. The maximum atomic E-state index is 10.2. The summed E-state index contributed by atoms with van der Waals surface area (Å²) in [5.41, 5.74) is 2.65. The molecule has 0 heterocycles. The molecule has 3 N–H and O–H groups in total. The molecule has 3 nitrogen and oxygen atoms in total. The molecule has 3 heteroatoms.